The number of nitrogens with zero attached hydrogens (tertiary/aromatic N) is 1. The quantitative estimate of drug-likeness (QED) is 0.840. The number of carbonyl (C=O) groups is 1. The molecule has 4 heteroatoms. The predicted octanol–water partition coefficient (Wildman–Crippen LogP) is 3.08. The second kappa shape index (κ2) is 4.57. The summed E-state index contributed by atoms with van der Waals surface area (Å²) in [5, 5.41) is 0. The minimum atomic E-state index is 0.158. The van der Waals surface area contributed by atoms with E-state index in [-0.39, 0.29) is 5.91 Å². The predicted molar refractivity (Wildman–Crippen MR) is 72.9 cm³/mol. The summed E-state index contributed by atoms with van der Waals surface area (Å²) in [5.41, 5.74) is 0.746. The van der Waals surface area contributed by atoms with Gasteiger partial charge < -0.3 is 9.64 Å². The van der Waals surface area contributed by atoms with Crippen LogP contribution in [0.3, 0.4) is 0 Å². The Bertz CT molecular complexity index is 489. The minimum absolute atomic E-state index is 0.158. The molecule has 0 spiro atoms. The van der Waals surface area contributed by atoms with E-state index in [1.165, 1.54) is 19.3 Å². The normalized spacial score (nSPS) is 25.6. The molecule has 1 heterocycles. The van der Waals surface area contributed by atoms with E-state index < -0.39 is 0 Å². The van der Waals surface area contributed by atoms with Crippen LogP contribution in [0.4, 0.5) is 0 Å². The van der Waals surface area contributed by atoms with Gasteiger partial charge in [-0.15, -0.1) is 0 Å². The van der Waals surface area contributed by atoms with Gasteiger partial charge in [-0.2, -0.15) is 0 Å². The first-order valence-electron chi connectivity index (χ1n) is 6.33. The summed E-state index contributed by atoms with van der Waals surface area (Å²) in [6.45, 7) is 0.938. The number of amides is 1. The molecule has 2 atom stereocenters. The molecule has 1 amide bonds. The molecular weight excluding hydrogens is 294 g/mol. The largest absolute Gasteiger partial charge is 0.496 e. The van der Waals surface area contributed by atoms with Gasteiger partial charge in [0.25, 0.3) is 5.91 Å². The molecule has 18 heavy (non-hydrogen) atoms. The third-order valence-electron chi connectivity index (χ3n) is 4.07. The molecule has 96 valence electrons. The van der Waals surface area contributed by atoms with Gasteiger partial charge in [0.2, 0.25) is 0 Å². The summed E-state index contributed by atoms with van der Waals surface area (Å²) >= 11 is 3.43. The molecular formula is C14H16BrNO2. The highest BCUT2D eigenvalue weighted by Crippen LogP contribution is 2.38. The number of carbonyl (C=O) groups excluding carboxylic acids is 1. The van der Waals surface area contributed by atoms with Crippen LogP contribution < -0.4 is 4.74 Å². The Morgan fingerprint density at radius 2 is 2.28 bits per heavy atom. The Kier molecular flexibility index (Phi) is 3.06. The van der Waals surface area contributed by atoms with Crippen molar-refractivity contribution in [2.45, 2.75) is 25.3 Å². The molecule has 2 bridgehead atoms. The third kappa shape index (κ3) is 1.92. The maximum absolute atomic E-state index is 12.5. The second-order valence-corrected chi connectivity index (χ2v) is 5.99. The van der Waals surface area contributed by atoms with Gasteiger partial charge in [-0.3, -0.25) is 4.79 Å². The van der Waals surface area contributed by atoms with Crippen LogP contribution in [0.2, 0.25) is 0 Å². The van der Waals surface area contributed by atoms with E-state index in [1.54, 1.807) is 7.11 Å². The summed E-state index contributed by atoms with van der Waals surface area (Å²) in [6.07, 6.45) is 3.66. The number of fused-ring (bicyclic) bond motifs is 2. The first kappa shape index (κ1) is 12.0. The van der Waals surface area contributed by atoms with Gasteiger partial charge >= 0.3 is 0 Å². The Labute approximate surface area is 115 Å². The van der Waals surface area contributed by atoms with Gasteiger partial charge in [-0.1, -0.05) is 0 Å². The van der Waals surface area contributed by atoms with Crippen molar-refractivity contribution in [3.8, 4) is 5.75 Å². The van der Waals surface area contributed by atoms with Crippen molar-refractivity contribution < 1.29 is 9.53 Å². The molecule has 1 aromatic rings. The highest BCUT2D eigenvalue weighted by atomic mass is 79.9. The molecule has 1 aliphatic heterocycles. The first-order valence-corrected chi connectivity index (χ1v) is 7.13. The Balaban J connectivity index is 1.82. The number of rotatable bonds is 2. The number of hydrogen-bond acceptors (Lipinski definition) is 2. The van der Waals surface area contributed by atoms with E-state index in [9.17, 15) is 4.79 Å². The van der Waals surface area contributed by atoms with Crippen LogP contribution in [-0.2, 0) is 0 Å². The number of likely N-dealkylation sites (tertiary alicyclic amines) is 1. The van der Waals surface area contributed by atoms with Crippen molar-refractivity contribution in [1.82, 2.24) is 4.90 Å². The minimum Gasteiger partial charge on any atom is -0.496 e. The summed E-state index contributed by atoms with van der Waals surface area (Å²) in [5.74, 6) is 1.65. The third-order valence-corrected chi connectivity index (χ3v) is 4.69. The molecule has 0 aromatic heterocycles. The summed E-state index contributed by atoms with van der Waals surface area (Å²) < 4.78 is 6.02. The second-order valence-electron chi connectivity index (χ2n) is 5.14. The standard InChI is InChI=1S/C14H16BrNO2/c1-18-13-5-3-10(7-12(13)15)14(17)16-8-9-2-4-11(16)6-9/h3,5,7,9,11H,2,4,6,8H2,1H3. The lowest BCUT2D eigenvalue weighted by atomic mass is 10.1. The van der Waals surface area contributed by atoms with Crippen LogP contribution in [0.5, 0.6) is 5.75 Å². The zero-order chi connectivity index (χ0) is 12.7. The number of piperidine rings is 1. The molecule has 2 fully saturated rings. The zero-order valence-corrected chi connectivity index (χ0v) is 11.9. The maximum atomic E-state index is 12.5. The molecule has 3 rings (SSSR count). The van der Waals surface area contributed by atoms with E-state index in [1.807, 2.05) is 23.1 Å². The van der Waals surface area contributed by atoms with E-state index in [0.717, 1.165) is 28.2 Å². The fourth-order valence-corrected chi connectivity index (χ4v) is 3.68. The molecule has 1 aromatic carbocycles. The molecule has 1 aliphatic carbocycles. The molecule has 1 saturated heterocycles. The van der Waals surface area contributed by atoms with Crippen LogP contribution in [0.15, 0.2) is 22.7 Å². The number of halogens is 1. The number of benzene rings is 1. The van der Waals surface area contributed by atoms with Crippen LogP contribution in [0, 0.1) is 5.92 Å². The number of methoxy groups -OCH3 is 1. The van der Waals surface area contributed by atoms with Crippen LogP contribution >= 0.6 is 15.9 Å². The van der Waals surface area contributed by atoms with Crippen LogP contribution in [-0.4, -0.2) is 30.5 Å². The van der Waals surface area contributed by atoms with Gasteiger partial charge in [0.15, 0.2) is 0 Å². The molecule has 2 unspecified atom stereocenters. The average Bonchev–Trinajstić information content (AvgIpc) is 3.00. The van der Waals surface area contributed by atoms with Gasteiger partial charge in [0.05, 0.1) is 11.6 Å². The Hall–Kier alpha value is -1.03. The van der Waals surface area contributed by atoms with Crippen molar-refractivity contribution in [2.24, 2.45) is 5.92 Å². The molecule has 1 saturated carbocycles. The molecule has 0 N–H and O–H groups in total. The van der Waals surface area contributed by atoms with Gasteiger partial charge in [-0.25, -0.2) is 0 Å². The van der Waals surface area contributed by atoms with E-state index in [2.05, 4.69) is 15.9 Å². The van der Waals surface area contributed by atoms with Gasteiger partial charge in [0.1, 0.15) is 5.75 Å². The summed E-state index contributed by atoms with van der Waals surface area (Å²) in [4.78, 5) is 14.5. The lowest BCUT2D eigenvalue weighted by Crippen LogP contribution is -2.37. The summed E-state index contributed by atoms with van der Waals surface area (Å²) in [6, 6.07) is 6.01. The van der Waals surface area contributed by atoms with Gasteiger partial charge in [0, 0.05) is 18.2 Å². The maximum Gasteiger partial charge on any atom is 0.254 e. The fourth-order valence-electron chi connectivity index (χ4n) is 3.14. The molecule has 2 aliphatic rings. The lowest BCUT2D eigenvalue weighted by molar-refractivity contribution is 0.0703. The van der Waals surface area contributed by atoms with Crippen molar-refractivity contribution in [3.63, 3.8) is 0 Å². The van der Waals surface area contributed by atoms with Crippen molar-refractivity contribution in [1.29, 1.82) is 0 Å². The Morgan fingerprint density at radius 3 is 2.83 bits per heavy atom. The van der Waals surface area contributed by atoms with Crippen LogP contribution in [0.25, 0.3) is 0 Å². The highest BCUT2D eigenvalue weighted by Gasteiger charge is 2.40. The average molecular weight is 310 g/mol. The van der Waals surface area contributed by atoms with Crippen molar-refractivity contribution >= 4 is 21.8 Å². The highest BCUT2D eigenvalue weighted by molar-refractivity contribution is 9.10. The molecule has 0 radical (unpaired) electrons. The monoisotopic (exact) mass is 309 g/mol. The first-order chi connectivity index (χ1) is 8.69. The lowest BCUT2D eigenvalue weighted by Gasteiger charge is -2.27. The van der Waals surface area contributed by atoms with Gasteiger partial charge in [-0.05, 0) is 59.3 Å². The van der Waals surface area contributed by atoms with Crippen molar-refractivity contribution in [3.05, 3.63) is 28.2 Å². The Morgan fingerprint density at radius 1 is 1.44 bits per heavy atom. The van der Waals surface area contributed by atoms with Crippen LogP contribution in [0.1, 0.15) is 29.6 Å². The topological polar surface area (TPSA) is 29.5 Å². The zero-order valence-electron chi connectivity index (χ0n) is 10.4. The van der Waals surface area contributed by atoms with E-state index in [0.29, 0.717) is 6.04 Å². The SMILES string of the molecule is COc1ccc(C(=O)N2CC3CCC2C3)cc1Br. The van der Waals surface area contributed by atoms with E-state index in [4.69, 9.17) is 4.74 Å². The number of ether oxygens (including phenoxy) is 1. The smallest absolute Gasteiger partial charge is 0.254 e. The summed E-state index contributed by atoms with van der Waals surface area (Å²) in [7, 11) is 1.63. The fraction of sp³-hybridized carbons (Fsp3) is 0.500. The number of hydrogen-bond donors (Lipinski definition) is 0. The van der Waals surface area contributed by atoms with E-state index >= 15 is 0 Å². The molecule has 3 nitrogen and oxygen atoms in total. The van der Waals surface area contributed by atoms with Crippen molar-refractivity contribution in [2.75, 3.05) is 13.7 Å².